The Kier molecular flexibility index (Phi) is 11.6. The zero-order valence-corrected chi connectivity index (χ0v) is 28.0. The highest BCUT2D eigenvalue weighted by Crippen LogP contribution is 2.28. The van der Waals surface area contributed by atoms with E-state index in [0.29, 0.717) is 23.4 Å². The lowest BCUT2D eigenvalue weighted by molar-refractivity contribution is -0.140. The molecular formula is C37H43N3O5S. The largest absolute Gasteiger partial charge is 0.497 e. The molecule has 9 heteroatoms. The van der Waals surface area contributed by atoms with Crippen LogP contribution in [0.3, 0.4) is 0 Å². The van der Waals surface area contributed by atoms with Crippen molar-refractivity contribution in [3.05, 3.63) is 125 Å². The number of anilines is 1. The normalized spacial score (nSPS) is 12.5. The van der Waals surface area contributed by atoms with E-state index in [1.54, 1.807) is 49.6 Å². The zero-order valence-electron chi connectivity index (χ0n) is 27.1. The summed E-state index contributed by atoms with van der Waals surface area (Å²) in [6.45, 7) is 7.14. The standard InChI is InChI=1S/C37H43N3O5S/c1-6-29(4)38-37(42)35(24-30-14-8-7-9-15-30)39(25-31-16-12-17-32(23-31)45-5)36(41)26-40(34-18-11-10-13-28(34)3)46(43,44)33-21-19-27(2)20-22-33/h7-23,29,35H,6,24-26H2,1-5H3,(H,38,42)/t29-,35-/m0/s1. The minimum atomic E-state index is -4.17. The van der Waals surface area contributed by atoms with E-state index in [9.17, 15) is 18.0 Å². The van der Waals surface area contributed by atoms with E-state index >= 15 is 0 Å². The minimum Gasteiger partial charge on any atom is -0.497 e. The Morgan fingerprint density at radius 2 is 1.50 bits per heavy atom. The van der Waals surface area contributed by atoms with Crippen molar-refractivity contribution < 1.29 is 22.7 Å². The van der Waals surface area contributed by atoms with Crippen molar-refractivity contribution in [3.63, 3.8) is 0 Å². The Morgan fingerprint density at radius 3 is 2.15 bits per heavy atom. The SMILES string of the molecule is CC[C@H](C)NC(=O)[C@H](Cc1ccccc1)N(Cc1cccc(OC)c1)C(=O)CN(c1ccccc1C)S(=O)(=O)c1ccc(C)cc1. The number of rotatable bonds is 14. The number of carbonyl (C=O) groups excluding carboxylic acids is 2. The van der Waals surface area contributed by atoms with Crippen LogP contribution in [0.4, 0.5) is 5.69 Å². The summed E-state index contributed by atoms with van der Waals surface area (Å²) in [5.74, 6) is -0.211. The van der Waals surface area contributed by atoms with E-state index in [2.05, 4.69) is 5.32 Å². The van der Waals surface area contributed by atoms with Gasteiger partial charge >= 0.3 is 0 Å². The monoisotopic (exact) mass is 641 g/mol. The van der Waals surface area contributed by atoms with Crippen LogP contribution in [0.25, 0.3) is 0 Å². The maximum atomic E-state index is 14.6. The molecule has 0 radical (unpaired) electrons. The number of nitrogens with one attached hydrogen (secondary N) is 1. The van der Waals surface area contributed by atoms with Crippen molar-refractivity contribution in [2.45, 2.75) is 64.1 Å². The predicted molar refractivity (Wildman–Crippen MR) is 182 cm³/mol. The Labute approximate surface area is 273 Å². The first kappa shape index (κ1) is 34.2. The zero-order chi connectivity index (χ0) is 33.3. The van der Waals surface area contributed by atoms with Crippen LogP contribution in [0.5, 0.6) is 5.75 Å². The van der Waals surface area contributed by atoms with Gasteiger partial charge in [-0.15, -0.1) is 0 Å². The fourth-order valence-electron chi connectivity index (χ4n) is 5.16. The summed E-state index contributed by atoms with van der Waals surface area (Å²) in [6, 6.07) is 29.4. The molecule has 4 aromatic rings. The number of sulfonamides is 1. The summed E-state index contributed by atoms with van der Waals surface area (Å²) in [4.78, 5) is 30.2. The second kappa shape index (κ2) is 15.6. The van der Waals surface area contributed by atoms with E-state index in [-0.39, 0.29) is 29.8 Å². The molecule has 0 bridgehead atoms. The van der Waals surface area contributed by atoms with Crippen LogP contribution < -0.4 is 14.4 Å². The van der Waals surface area contributed by atoms with Crippen LogP contribution in [-0.2, 0) is 32.6 Å². The van der Waals surface area contributed by atoms with Gasteiger partial charge in [-0.05, 0) is 74.2 Å². The van der Waals surface area contributed by atoms with Crippen LogP contribution >= 0.6 is 0 Å². The Balaban J connectivity index is 1.83. The second-order valence-electron chi connectivity index (χ2n) is 11.5. The third-order valence-electron chi connectivity index (χ3n) is 8.03. The van der Waals surface area contributed by atoms with Crippen LogP contribution in [0, 0.1) is 13.8 Å². The van der Waals surface area contributed by atoms with Gasteiger partial charge in [0.25, 0.3) is 10.0 Å². The molecule has 0 fully saturated rings. The molecular weight excluding hydrogens is 598 g/mol. The lowest BCUT2D eigenvalue weighted by atomic mass is 10.0. The fraction of sp³-hybridized carbons (Fsp3) is 0.297. The lowest BCUT2D eigenvalue weighted by Crippen LogP contribution is -2.54. The highest BCUT2D eigenvalue weighted by Gasteiger charge is 2.35. The molecule has 0 saturated heterocycles. The minimum absolute atomic E-state index is 0.0631. The van der Waals surface area contributed by atoms with Gasteiger partial charge in [-0.3, -0.25) is 13.9 Å². The van der Waals surface area contributed by atoms with Crippen LogP contribution in [0.15, 0.2) is 108 Å². The number of hydrogen-bond donors (Lipinski definition) is 1. The van der Waals surface area contributed by atoms with Gasteiger partial charge in [0.1, 0.15) is 18.3 Å². The fourth-order valence-corrected chi connectivity index (χ4v) is 6.64. The van der Waals surface area contributed by atoms with E-state index in [0.717, 1.165) is 21.0 Å². The van der Waals surface area contributed by atoms with Gasteiger partial charge in [-0.1, -0.05) is 85.3 Å². The summed E-state index contributed by atoms with van der Waals surface area (Å²) in [5.41, 5.74) is 3.62. The molecule has 0 aliphatic carbocycles. The molecule has 4 rings (SSSR count). The molecule has 0 aliphatic rings. The van der Waals surface area contributed by atoms with Crippen LogP contribution in [0.2, 0.25) is 0 Å². The van der Waals surface area contributed by atoms with Gasteiger partial charge in [-0.2, -0.15) is 0 Å². The van der Waals surface area contributed by atoms with Crippen molar-refractivity contribution in [1.29, 1.82) is 0 Å². The summed E-state index contributed by atoms with van der Waals surface area (Å²) in [7, 11) is -2.60. The number of hydrogen-bond acceptors (Lipinski definition) is 5. The molecule has 0 aliphatic heterocycles. The number of para-hydroxylation sites is 1. The first-order chi connectivity index (χ1) is 22.0. The average Bonchev–Trinajstić information content (AvgIpc) is 3.06. The predicted octanol–water partition coefficient (Wildman–Crippen LogP) is 6.06. The number of carbonyl (C=O) groups is 2. The number of amides is 2. The molecule has 4 aromatic carbocycles. The third-order valence-corrected chi connectivity index (χ3v) is 9.81. The summed E-state index contributed by atoms with van der Waals surface area (Å²) >= 11 is 0. The molecule has 0 unspecified atom stereocenters. The van der Waals surface area contributed by atoms with E-state index in [1.807, 2.05) is 88.4 Å². The maximum Gasteiger partial charge on any atom is 0.264 e. The summed E-state index contributed by atoms with van der Waals surface area (Å²) in [5, 5.41) is 3.06. The molecule has 0 aromatic heterocycles. The molecule has 0 saturated carbocycles. The number of ether oxygens (including phenoxy) is 1. The smallest absolute Gasteiger partial charge is 0.264 e. The molecule has 46 heavy (non-hydrogen) atoms. The van der Waals surface area contributed by atoms with E-state index < -0.39 is 28.5 Å². The van der Waals surface area contributed by atoms with Gasteiger partial charge in [0, 0.05) is 19.0 Å². The molecule has 8 nitrogen and oxygen atoms in total. The van der Waals surface area contributed by atoms with Crippen molar-refractivity contribution >= 4 is 27.5 Å². The summed E-state index contributed by atoms with van der Waals surface area (Å²) in [6.07, 6.45) is 0.956. The maximum absolute atomic E-state index is 14.6. The molecule has 0 spiro atoms. The van der Waals surface area contributed by atoms with Gasteiger partial charge in [-0.25, -0.2) is 8.42 Å². The molecule has 2 atom stereocenters. The number of methoxy groups -OCH3 is 1. The number of aryl methyl sites for hydroxylation is 2. The number of nitrogens with zero attached hydrogens (tertiary/aromatic N) is 2. The van der Waals surface area contributed by atoms with Crippen molar-refractivity contribution in [2.24, 2.45) is 0 Å². The first-order valence-corrected chi connectivity index (χ1v) is 16.9. The first-order valence-electron chi connectivity index (χ1n) is 15.4. The van der Waals surface area contributed by atoms with Crippen molar-refractivity contribution in [2.75, 3.05) is 18.0 Å². The highest BCUT2D eigenvalue weighted by atomic mass is 32.2. The molecule has 242 valence electrons. The number of benzene rings is 4. The van der Waals surface area contributed by atoms with Crippen LogP contribution in [0.1, 0.15) is 42.5 Å². The van der Waals surface area contributed by atoms with Crippen LogP contribution in [-0.4, -0.2) is 50.9 Å². The van der Waals surface area contributed by atoms with E-state index in [4.69, 9.17) is 4.74 Å². The van der Waals surface area contributed by atoms with Gasteiger partial charge in [0.05, 0.1) is 17.7 Å². The second-order valence-corrected chi connectivity index (χ2v) is 13.4. The topological polar surface area (TPSA) is 96.0 Å². The van der Waals surface area contributed by atoms with Crippen molar-refractivity contribution in [3.8, 4) is 5.75 Å². The van der Waals surface area contributed by atoms with Gasteiger partial charge < -0.3 is 15.0 Å². The Bertz CT molecular complexity index is 1730. The highest BCUT2D eigenvalue weighted by molar-refractivity contribution is 7.92. The van der Waals surface area contributed by atoms with Gasteiger partial charge in [0.2, 0.25) is 11.8 Å². The van der Waals surface area contributed by atoms with Gasteiger partial charge in [0.15, 0.2) is 0 Å². The Hall–Kier alpha value is -4.63. The van der Waals surface area contributed by atoms with E-state index in [1.165, 1.54) is 4.90 Å². The summed E-state index contributed by atoms with van der Waals surface area (Å²) < 4.78 is 35.1. The average molecular weight is 642 g/mol. The molecule has 1 N–H and O–H groups in total. The van der Waals surface area contributed by atoms with Crippen molar-refractivity contribution in [1.82, 2.24) is 10.2 Å². The molecule has 2 amide bonds. The third kappa shape index (κ3) is 8.54. The molecule has 0 heterocycles. The lowest BCUT2D eigenvalue weighted by Gasteiger charge is -2.34. The Morgan fingerprint density at radius 1 is 0.848 bits per heavy atom. The quantitative estimate of drug-likeness (QED) is 0.181.